The molecule has 1 aromatic carbocycles. The normalized spacial score (nSPS) is 15.3. The van der Waals surface area contributed by atoms with Crippen molar-refractivity contribution in [3.63, 3.8) is 0 Å². The lowest BCUT2D eigenvalue weighted by molar-refractivity contribution is -0.137. The number of halogens is 3. The van der Waals surface area contributed by atoms with E-state index in [2.05, 4.69) is 0 Å². The Morgan fingerprint density at radius 3 is 2.50 bits per heavy atom. The van der Waals surface area contributed by atoms with Crippen molar-refractivity contribution in [3.8, 4) is 0 Å². The van der Waals surface area contributed by atoms with Gasteiger partial charge in [-0.2, -0.15) is 13.2 Å². The van der Waals surface area contributed by atoms with Crippen LogP contribution in [0.25, 0.3) is 0 Å². The lowest BCUT2D eigenvalue weighted by Crippen LogP contribution is -2.11. The summed E-state index contributed by atoms with van der Waals surface area (Å²) < 4.78 is 37.9. The van der Waals surface area contributed by atoms with Gasteiger partial charge in [0.25, 0.3) is 0 Å². The number of benzene rings is 1. The molecule has 0 spiro atoms. The number of rotatable bonds is 3. The van der Waals surface area contributed by atoms with E-state index in [0.29, 0.717) is 19.1 Å². The fourth-order valence-electron chi connectivity index (χ4n) is 2.02. The molecular formula is C15H11F3O2. The van der Waals surface area contributed by atoms with Crippen LogP contribution in [0, 0.1) is 0 Å². The summed E-state index contributed by atoms with van der Waals surface area (Å²) in [6.45, 7) is 0. The monoisotopic (exact) mass is 280 g/mol. The number of alkyl halides is 3. The van der Waals surface area contributed by atoms with E-state index in [0.717, 1.165) is 12.1 Å². The second kappa shape index (κ2) is 5.45. The summed E-state index contributed by atoms with van der Waals surface area (Å²) >= 11 is 0. The SMILES string of the molecule is O=CC1=CCCC=C1C(=O)c1cccc(C(F)(F)F)c1. The van der Waals surface area contributed by atoms with Gasteiger partial charge in [-0.25, -0.2) is 0 Å². The van der Waals surface area contributed by atoms with E-state index in [1.807, 2.05) is 0 Å². The number of carbonyl (C=O) groups excluding carboxylic acids is 2. The zero-order valence-corrected chi connectivity index (χ0v) is 10.4. The number of hydrogen-bond donors (Lipinski definition) is 0. The topological polar surface area (TPSA) is 34.1 Å². The number of carbonyl (C=O) groups is 2. The first kappa shape index (κ1) is 14.2. The summed E-state index contributed by atoms with van der Waals surface area (Å²) in [4.78, 5) is 23.1. The summed E-state index contributed by atoms with van der Waals surface area (Å²) in [6, 6.07) is 4.21. The van der Waals surface area contributed by atoms with Crippen LogP contribution in [0.1, 0.15) is 28.8 Å². The molecule has 0 bridgehead atoms. The molecule has 20 heavy (non-hydrogen) atoms. The first-order valence-electron chi connectivity index (χ1n) is 6.01. The standard InChI is InChI=1S/C15H11F3O2/c16-15(17,18)12-6-3-5-10(8-12)14(20)13-7-2-1-4-11(13)9-19/h3-9H,1-2H2. The maximum Gasteiger partial charge on any atom is 0.416 e. The molecule has 0 N–H and O–H groups in total. The van der Waals surface area contributed by atoms with E-state index in [9.17, 15) is 22.8 Å². The first-order chi connectivity index (χ1) is 9.43. The molecule has 0 aliphatic heterocycles. The van der Waals surface area contributed by atoms with Crippen molar-refractivity contribution in [2.45, 2.75) is 19.0 Å². The fraction of sp³-hybridized carbons (Fsp3) is 0.200. The molecule has 104 valence electrons. The third-order valence-electron chi connectivity index (χ3n) is 3.01. The molecule has 1 aromatic rings. The van der Waals surface area contributed by atoms with Crippen molar-refractivity contribution >= 4 is 12.1 Å². The highest BCUT2D eigenvalue weighted by Gasteiger charge is 2.31. The lowest BCUT2D eigenvalue weighted by Gasteiger charge is -2.12. The third-order valence-corrected chi connectivity index (χ3v) is 3.01. The first-order valence-corrected chi connectivity index (χ1v) is 6.01. The van der Waals surface area contributed by atoms with Crippen molar-refractivity contribution < 1.29 is 22.8 Å². The Bertz CT molecular complexity index is 610. The predicted octanol–water partition coefficient (Wildman–Crippen LogP) is 3.73. The van der Waals surface area contributed by atoms with E-state index < -0.39 is 17.5 Å². The quantitative estimate of drug-likeness (QED) is 0.624. The largest absolute Gasteiger partial charge is 0.416 e. The minimum Gasteiger partial charge on any atom is -0.298 e. The number of allylic oxidation sites excluding steroid dienone is 4. The molecule has 0 saturated heterocycles. The molecule has 0 radical (unpaired) electrons. The zero-order chi connectivity index (χ0) is 14.8. The van der Waals surface area contributed by atoms with Crippen LogP contribution in [-0.4, -0.2) is 12.1 Å². The average molecular weight is 280 g/mol. The Kier molecular flexibility index (Phi) is 3.88. The molecule has 0 saturated carbocycles. The lowest BCUT2D eigenvalue weighted by atomic mass is 9.91. The summed E-state index contributed by atoms with van der Waals surface area (Å²) in [5.41, 5.74) is -0.540. The molecule has 0 amide bonds. The minimum absolute atomic E-state index is 0.0688. The Labute approximate surface area is 113 Å². The number of hydrogen-bond acceptors (Lipinski definition) is 2. The van der Waals surface area contributed by atoms with Crippen LogP contribution in [0.3, 0.4) is 0 Å². The third kappa shape index (κ3) is 2.87. The summed E-state index contributed by atoms with van der Waals surface area (Å²) in [7, 11) is 0. The van der Waals surface area contributed by atoms with Crippen LogP contribution < -0.4 is 0 Å². The highest BCUT2D eigenvalue weighted by Crippen LogP contribution is 2.30. The highest BCUT2D eigenvalue weighted by atomic mass is 19.4. The number of Topliss-reactive ketones (excluding diaryl/α,β-unsaturated/α-hetero) is 1. The Hall–Kier alpha value is -2.17. The van der Waals surface area contributed by atoms with E-state index in [4.69, 9.17) is 0 Å². The van der Waals surface area contributed by atoms with Gasteiger partial charge >= 0.3 is 6.18 Å². The zero-order valence-electron chi connectivity index (χ0n) is 10.4. The van der Waals surface area contributed by atoms with Crippen LogP contribution in [0.15, 0.2) is 47.6 Å². The van der Waals surface area contributed by atoms with Gasteiger partial charge in [-0.05, 0) is 25.0 Å². The smallest absolute Gasteiger partial charge is 0.298 e. The Balaban J connectivity index is 2.37. The second-order valence-electron chi connectivity index (χ2n) is 4.38. The van der Waals surface area contributed by atoms with Gasteiger partial charge in [-0.15, -0.1) is 0 Å². The average Bonchev–Trinajstić information content (AvgIpc) is 2.45. The van der Waals surface area contributed by atoms with Gasteiger partial charge < -0.3 is 0 Å². The Morgan fingerprint density at radius 2 is 1.85 bits per heavy atom. The molecule has 5 heteroatoms. The molecule has 0 unspecified atom stereocenters. The summed E-state index contributed by atoms with van der Waals surface area (Å²) in [5.74, 6) is -0.561. The van der Waals surface area contributed by atoms with Crippen LogP contribution in [0.2, 0.25) is 0 Å². The van der Waals surface area contributed by atoms with E-state index in [1.54, 1.807) is 12.2 Å². The van der Waals surface area contributed by atoms with Crippen molar-refractivity contribution in [1.29, 1.82) is 0 Å². The van der Waals surface area contributed by atoms with Crippen LogP contribution >= 0.6 is 0 Å². The van der Waals surface area contributed by atoms with E-state index in [1.165, 1.54) is 12.1 Å². The van der Waals surface area contributed by atoms with Crippen molar-refractivity contribution in [2.24, 2.45) is 0 Å². The van der Waals surface area contributed by atoms with E-state index in [-0.39, 0.29) is 16.7 Å². The molecule has 2 nitrogen and oxygen atoms in total. The van der Waals surface area contributed by atoms with Gasteiger partial charge in [0.15, 0.2) is 5.78 Å². The fourth-order valence-corrected chi connectivity index (χ4v) is 2.02. The number of ketones is 1. The van der Waals surface area contributed by atoms with Gasteiger partial charge in [0.1, 0.15) is 6.29 Å². The van der Waals surface area contributed by atoms with E-state index >= 15 is 0 Å². The molecule has 0 fully saturated rings. The van der Waals surface area contributed by atoms with Crippen LogP contribution in [0.5, 0.6) is 0 Å². The van der Waals surface area contributed by atoms with Gasteiger partial charge in [0.2, 0.25) is 0 Å². The maximum atomic E-state index is 12.6. The van der Waals surface area contributed by atoms with Crippen molar-refractivity contribution in [3.05, 3.63) is 58.7 Å². The van der Waals surface area contributed by atoms with Gasteiger partial charge in [0, 0.05) is 16.7 Å². The van der Waals surface area contributed by atoms with Crippen molar-refractivity contribution in [2.75, 3.05) is 0 Å². The van der Waals surface area contributed by atoms with Gasteiger partial charge in [0.05, 0.1) is 5.56 Å². The molecule has 2 rings (SSSR count). The minimum atomic E-state index is -4.50. The molecule has 0 atom stereocenters. The molecule has 1 aliphatic rings. The van der Waals surface area contributed by atoms with Crippen LogP contribution in [0.4, 0.5) is 13.2 Å². The van der Waals surface area contributed by atoms with Gasteiger partial charge in [-0.1, -0.05) is 24.3 Å². The second-order valence-corrected chi connectivity index (χ2v) is 4.38. The van der Waals surface area contributed by atoms with Crippen molar-refractivity contribution in [1.82, 2.24) is 0 Å². The molecule has 1 aliphatic carbocycles. The molecular weight excluding hydrogens is 269 g/mol. The van der Waals surface area contributed by atoms with Gasteiger partial charge in [-0.3, -0.25) is 9.59 Å². The summed E-state index contributed by atoms with van der Waals surface area (Å²) in [5, 5.41) is 0. The molecule has 0 aromatic heterocycles. The predicted molar refractivity (Wildman–Crippen MR) is 67.2 cm³/mol. The summed E-state index contributed by atoms with van der Waals surface area (Å²) in [6.07, 6.45) is 0.502. The molecule has 0 heterocycles. The van der Waals surface area contributed by atoms with Crippen LogP contribution in [-0.2, 0) is 11.0 Å². The number of aldehydes is 1. The Morgan fingerprint density at radius 1 is 1.15 bits per heavy atom. The highest BCUT2D eigenvalue weighted by molar-refractivity contribution is 6.15. The maximum absolute atomic E-state index is 12.6.